The summed E-state index contributed by atoms with van der Waals surface area (Å²) >= 11 is 6.11. The van der Waals surface area contributed by atoms with E-state index in [1.165, 1.54) is 14.7 Å². The van der Waals surface area contributed by atoms with E-state index in [2.05, 4.69) is 20.2 Å². The van der Waals surface area contributed by atoms with E-state index in [1.807, 2.05) is 7.05 Å². The second-order valence-electron chi connectivity index (χ2n) is 8.81. The summed E-state index contributed by atoms with van der Waals surface area (Å²) in [6.07, 6.45) is -4.20. The fraction of sp³-hybridized carbons (Fsp3) is 0.524. The first-order valence-electron chi connectivity index (χ1n) is 11.1. The molecule has 14 heteroatoms. The van der Waals surface area contributed by atoms with Crippen molar-refractivity contribution in [2.75, 3.05) is 50.8 Å². The van der Waals surface area contributed by atoms with Crippen LogP contribution in [0, 0.1) is 0 Å². The molecule has 1 saturated heterocycles. The van der Waals surface area contributed by atoms with Crippen molar-refractivity contribution in [3.05, 3.63) is 45.9 Å². The summed E-state index contributed by atoms with van der Waals surface area (Å²) in [5.74, 6) is 0.279. The van der Waals surface area contributed by atoms with Crippen LogP contribution in [0.1, 0.15) is 35.3 Å². The maximum absolute atomic E-state index is 13.3. The summed E-state index contributed by atoms with van der Waals surface area (Å²) < 4.78 is 69.2. The second-order valence-corrected chi connectivity index (χ2v) is 11.1. The van der Waals surface area contributed by atoms with Crippen molar-refractivity contribution < 1.29 is 21.6 Å². The first kappa shape index (κ1) is 25.9. The monoisotopic (exact) mass is 533 g/mol. The standard InChI is InChI=1S/C21H27ClF3N7O2S/c1-13(14-9-15(21(23,24)25)11-16(26)10-14)27-19-17-12-32(4-3-18(17)28-20(22)29-19)35(33,34)31-7-5-30(2)6-8-31/h9-11,13H,3-8,12,26H2,1-2H3,(H,27,28,29)/t13-/m1/s1. The van der Waals surface area contributed by atoms with Crippen LogP contribution in [0.25, 0.3) is 0 Å². The van der Waals surface area contributed by atoms with E-state index in [0.717, 1.165) is 12.1 Å². The number of nitrogen functional groups attached to an aromatic ring is 1. The van der Waals surface area contributed by atoms with E-state index >= 15 is 0 Å². The molecular weight excluding hydrogens is 507 g/mol. The van der Waals surface area contributed by atoms with E-state index in [0.29, 0.717) is 49.4 Å². The zero-order valence-corrected chi connectivity index (χ0v) is 20.9. The maximum Gasteiger partial charge on any atom is 0.416 e. The highest BCUT2D eigenvalue weighted by molar-refractivity contribution is 7.86. The number of fused-ring (bicyclic) bond motifs is 1. The van der Waals surface area contributed by atoms with Gasteiger partial charge in [0.25, 0.3) is 10.2 Å². The van der Waals surface area contributed by atoms with E-state index in [4.69, 9.17) is 17.3 Å². The number of nitrogens with two attached hydrogens (primary N) is 1. The van der Waals surface area contributed by atoms with Gasteiger partial charge in [0, 0.05) is 56.9 Å². The number of halogens is 4. The Morgan fingerprint density at radius 3 is 2.43 bits per heavy atom. The minimum atomic E-state index is -4.54. The number of nitrogens with zero attached hydrogens (tertiary/aromatic N) is 5. The normalized spacial score (nSPS) is 19.4. The molecule has 0 saturated carbocycles. The number of alkyl halides is 3. The lowest BCUT2D eigenvalue weighted by molar-refractivity contribution is -0.137. The van der Waals surface area contributed by atoms with Gasteiger partial charge in [-0.05, 0) is 49.3 Å². The number of benzene rings is 1. The maximum atomic E-state index is 13.3. The number of piperazine rings is 1. The molecule has 2 aromatic rings. The lowest BCUT2D eigenvalue weighted by Gasteiger charge is -2.37. The van der Waals surface area contributed by atoms with Crippen molar-refractivity contribution in [2.45, 2.75) is 32.1 Å². The molecule has 3 N–H and O–H groups in total. The van der Waals surface area contributed by atoms with Gasteiger partial charge in [0.1, 0.15) is 5.82 Å². The molecule has 0 amide bonds. The number of hydrogen-bond acceptors (Lipinski definition) is 7. The van der Waals surface area contributed by atoms with Crippen LogP contribution in [0.5, 0.6) is 0 Å². The smallest absolute Gasteiger partial charge is 0.399 e. The first-order valence-corrected chi connectivity index (χ1v) is 12.9. The molecule has 1 fully saturated rings. The quantitative estimate of drug-likeness (QED) is 0.449. The molecule has 0 spiro atoms. The highest BCUT2D eigenvalue weighted by Gasteiger charge is 2.36. The predicted octanol–water partition coefficient (Wildman–Crippen LogP) is 2.75. The molecule has 0 unspecified atom stereocenters. The Bertz CT molecular complexity index is 1200. The zero-order valence-electron chi connectivity index (χ0n) is 19.3. The fourth-order valence-corrected chi connectivity index (χ4v) is 5.99. The Morgan fingerprint density at radius 2 is 1.77 bits per heavy atom. The molecule has 4 rings (SSSR count). The Hall–Kier alpha value is -2.19. The van der Waals surface area contributed by atoms with Gasteiger partial charge in [0.2, 0.25) is 5.28 Å². The van der Waals surface area contributed by atoms with Crippen LogP contribution in [0.4, 0.5) is 24.7 Å². The van der Waals surface area contributed by atoms with Crippen molar-refractivity contribution in [2.24, 2.45) is 0 Å². The van der Waals surface area contributed by atoms with Crippen LogP contribution < -0.4 is 11.1 Å². The summed E-state index contributed by atoms with van der Waals surface area (Å²) in [5.41, 5.74) is 6.30. The second kappa shape index (κ2) is 9.69. The number of hydrogen-bond donors (Lipinski definition) is 2. The summed E-state index contributed by atoms with van der Waals surface area (Å²) in [6.45, 7) is 4.03. The number of nitrogens with one attached hydrogen (secondary N) is 1. The molecule has 192 valence electrons. The molecule has 0 radical (unpaired) electrons. The Kier molecular flexibility index (Phi) is 7.17. The molecular formula is C21H27ClF3N7O2S. The average Bonchev–Trinajstić information content (AvgIpc) is 2.78. The highest BCUT2D eigenvalue weighted by Crippen LogP contribution is 2.34. The van der Waals surface area contributed by atoms with Crippen molar-refractivity contribution in [1.29, 1.82) is 0 Å². The molecule has 9 nitrogen and oxygen atoms in total. The molecule has 2 aliphatic rings. The third-order valence-electron chi connectivity index (χ3n) is 6.27. The van der Waals surface area contributed by atoms with Gasteiger partial charge >= 0.3 is 6.18 Å². The molecule has 35 heavy (non-hydrogen) atoms. The lowest BCUT2D eigenvalue weighted by atomic mass is 10.0. The van der Waals surface area contributed by atoms with Gasteiger partial charge in [-0.15, -0.1) is 0 Å². The van der Waals surface area contributed by atoms with Crippen LogP contribution in [0.15, 0.2) is 18.2 Å². The van der Waals surface area contributed by atoms with Crippen molar-refractivity contribution in [3.8, 4) is 0 Å². The topological polar surface area (TPSA) is 108 Å². The molecule has 0 aliphatic carbocycles. The first-order chi connectivity index (χ1) is 16.3. The van der Waals surface area contributed by atoms with Crippen LogP contribution in [0.2, 0.25) is 5.28 Å². The summed E-state index contributed by atoms with van der Waals surface area (Å²) in [6, 6.07) is 2.72. The van der Waals surface area contributed by atoms with Gasteiger partial charge in [-0.25, -0.2) is 9.97 Å². The number of rotatable bonds is 5. The third kappa shape index (κ3) is 5.64. The van der Waals surface area contributed by atoms with E-state index < -0.39 is 28.0 Å². The number of likely N-dealkylation sites (N-methyl/N-ethyl adjacent to an activating group) is 1. The number of anilines is 2. The largest absolute Gasteiger partial charge is 0.416 e. The fourth-order valence-electron chi connectivity index (χ4n) is 4.24. The number of aromatic nitrogens is 2. The zero-order chi connectivity index (χ0) is 25.5. The predicted molar refractivity (Wildman–Crippen MR) is 127 cm³/mol. The molecule has 1 aromatic carbocycles. The van der Waals surface area contributed by atoms with Gasteiger partial charge < -0.3 is 16.0 Å². The molecule has 1 aromatic heterocycles. The summed E-state index contributed by atoms with van der Waals surface area (Å²) in [7, 11) is -1.76. The SMILES string of the molecule is C[C@@H](Nc1nc(Cl)nc2c1CN(S(=O)(=O)N1CCN(C)CC1)CC2)c1cc(N)cc(C(F)(F)F)c1. The van der Waals surface area contributed by atoms with Crippen molar-refractivity contribution >= 4 is 33.3 Å². The highest BCUT2D eigenvalue weighted by atomic mass is 35.5. The van der Waals surface area contributed by atoms with Gasteiger partial charge in [0.15, 0.2) is 0 Å². The van der Waals surface area contributed by atoms with E-state index in [1.54, 1.807) is 6.92 Å². The van der Waals surface area contributed by atoms with Crippen molar-refractivity contribution in [3.63, 3.8) is 0 Å². The minimum Gasteiger partial charge on any atom is -0.399 e. The molecule has 1 atom stereocenters. The Balaban J connectivity index is 1.60. The van der Waals surface area contributed by atoms with Crippen LogP contribution in [-0.2, 0) is 29.4 Å². The molecule has 2 aliphatic heterocycles. The van der Waals surface area contributed by atoms with Gasteiger partial charge in [-0.3, -0.25) is 0 Å². The van der Waals surface area contributed by atoms with Gasteiger partial charge in [0.05, 0.1) is 17.3 Å². The van der Waals surface area contributed by atoms with Crippen LogP contribution in [-0.4, -0.2) is 71.7 Å². The average molecular weight is 534 g/mol. The van der Waals surface area contributed by atoms with Crippen LogP contribution in [0.3, 0.4) is 0 Å². The molecule has 0 bridgehead atoms. The summed E-state index contributed by atoms with van der Waals surface area (Å²) in [4.78, 5) is 10.6. The Labute approximate surface area is 207 Å². The van der Waals surface area contributed by atoms with Crippen LogP contribution >= 0.6 is 11.6 Å². The molecule has 3 heterocycles. The van der Waals surface area contributed by atoms with Gasteiger partial charge in [-0.1, -0.05) is 0 Å². The van der Waals surface area contributed by atoms with Gasteiger partial charge in [-0.2, -0.15) is 30.2 Å². The minimum absolute atomic E-state index is 0.0179. The van der Waals surface area contributed by atoms with E-state index in [9.17, 15) is 21.6 Å². The third-order valence-corrected chi connectivity index (χ3v) is 8.42. The summed E-state index contributed by atoms with van der Waals surface area (Å²) in [5, 5.41) is 3.06. The lowest BCUT2D eigenvalue weighted by Crippen LogP contribution is -2.53. The van der Waals surface area contributed by atoms with Crippen molar-refractivity contribution in [1.82, 2.24) is 23.5 Å². The Morgan fingerprint density at radius 1 is 1.09 bits per heavy atom. The van der Waals surface area contributed by atoms with E-state index in [-0.39, 0.29) is 29.9 Å².